The molecule has 0 radical (unpaired) electrons. The predicted molar refractivity (Wildman–Crippen MR) is 91.9 cm³/mol. The van der Waals surface area contributed by atoms with E-state index in [1.54, 1.807) is 0 Å². The summed E-state index contributed by atoms with van der Waals surface area (Å²) in [6.45, 7) is 5.27. The lowest BCUT2D eigenvalue weighted by Crippen LogP contribution is -2.45. The molecule has 4 heteroatoms. The van der Waals surface area contributed by atoms with Gasteiger partial charge in [0.05, 0.1) is 5.52 Å². The second kappa shape index (κ2) is 6.77. The summed E-state index contributed by atoms with van der Waals surface area (Å²) in [6, 6.07) is 10.4. The van der Waals surface area contributed by atoms with Crippen molar-refractivity contribution in [2.75, 3.05) is 20.1 Å². The molecule has 1 N–H and O–H groups in total. The largest absolute Gasteiger partial charge is 0.352 e. The minimum Gasteiger partial charge on any atom is -0.352 e. The number of para-hydroxylation sites is 1. The molecule has 0 unspecified atom stereocenters. The monoisotopic (exact) mass is 296 g/mol. The molecule has 2 heterocycles. The number of guanidine groups is 1. The lowest BCUT2D eigenvalue weighted by molar-refractivity contribution is 0.273. The van der Waals surface area contributed by atoms with Gasteiger partial charge in [-0.05, 0) is 30.4 Å². The summed E-state index contributed by atoms with van der Waals surface area (Å²) in [5.74, 6) is 1.83. The van der Waals surface area contributed by atoms with E-state index in [4.69, 9.17) is 0 Å². The molecule has 0 spiro atoms. The van der Waals surface area contributed by atoms with Crippen LogP contribution in [0.2, 0.25) is 0 Å². The Morgan fingerprint density at radius 2 is 2.05 bits per heavy atom. The Bertz CT molecular complexity index is 652. The molecular weight excluding hydrogens is 272 g/mol. The van der Waals surface area contributed by atoms with Gasteiger partial charge in [-0.2, -0.15) is 0 Å². The number of aliphatic imine (C=N–C) groups is 1. The van der Waals surface area contributed by atoms with Crippen LogP contribution in [0.1, 0.15) is 25.3 Å². The number of pyridine rings is 1. The van der Waals surface area contributed by atoms with Crippen LogP contribution < -0.4 is 5.32 Å². The number of nitrogens with zero attached hydrogens (tertiary/aromatic N) is 3. The lowest BCUT2D eigenvalue weighted by Gasteiger charge is -2.33. The number of hydrogen-bond acceptors (Lipinski definition) is 2. The van der Waals surface area contributed by atoms with Crippen LogP contribution in [-0.4, -0.2) is 36.0 Å². The summed E-state index contributed by atoms with van der Waals surface area (Å²) in [6.07, 6.45) is 4.35. The Hall–Kier alpha value is -2.10. The number of likely N-dealkylation sites (tertiary alicyclic amines) is 1. The fourth-order valence-electron chi connectivity index (χ4n) is 3.04. The van der Waals surface area contributed by atoms with E-state index < -0.39 is 0 Å². The van der Waals surface area contributed by atoms with E-state index in [1.165, 1.54) is 23.8 Å². The maximum absolute atomic E-state index is 4.51. The van der Waals surface area contributed by atoms with Crippen LogP contribution in [0, 0.1) is 5.92 Å². The summed E-state index contributed by atoms with van der Waals surface area (Å²) in [4.78, 5) is 11.3. The van der Waals surface area contributed by atoms with Crippen LogP contribution in [0.15, 0.2) is 41.5 Å². The summed E-state index contributed by atoms with van der Waals surface area (Å²) in [7, 11) is 1.86. The van der Waals surface area contributed by atoms with Gasteiger partial charge < -0.3 is 10.2 Å². The Balaban J connectivity index is 1.70. The normalized spacial score (nSPS) is 17.0. The van der Waals surface area contributed by atoms with E-state index in [0.717, 1.165) is 37.0 Å². The lowest BCUT2D eigenvalue weighted by atomic mass is 9.99. The molecule has 4 nitrogen and oxygen atoms in total. The molecule has 1 aromatic carbocycles. The third-order valence-electron chi connectivity index (χ3n) is 4.45. The molecule has 22 heavy (non-hydrogen) atoms. The van der Waals surface area contributed by atoms with Crippen molar-refractivity contribution in [2.45, 2.75) is 26.3 Å². The van der Waals surface area contributed by atoms with Gasteiger partial charge >= 0.3 is 0 Å². The Kier molecular flexibility index (Phi) is 4.56. The van der Waals surface area contributed by atoms with Gasteiger partial charge in [-0.15, -0.1) is 0 Å². The second-order valence-corrected chi connectivity index (χ2v) is 6.06. The summed E-state index contributed by atoms with van der Waals surface area (Å²) >= 11 is 0. The van der Waals surface area contributed by atoms with E-state index >= 15 is 0 Å². The predicted octanol–water partition coefficient (Wildman–Crippen LogP) is 3.04. The smallest absolute Gasteiger partial charge is 0.193 e. The summed E-state index contributed by atoms with van der Waals surface area (Å²) in [5.41, 5.74) is 2.28. The van der Waals surface area contributed by atoms with Gasteiger partial charge in [0.25, 0.3) is 0 Å². The van der Waals surface area contributed by atoms with Crippen molar-refractivity contribution in [3.63, 3.8) is 0 Å². The van der Waals surface area contributed by atoms with Gasteiger partial charge in [0, 0.05) is 38.3 Å². The highest BCUT2D eigenvalue weighted by Gasteiger charge is 2.18. The van der Waals surface area contributed by atoms with Gasteiger partial charge in [-0.1, -0.05) is 31.2 Å². The number of aromatic nitrogens is 1. The molecule has 0 aliphatic carbocycles. The molecule has 1 fully saturated rings. The summed E-state index contributed by atoms with van der Waals surface area (Å²) in [5, 5.41) is 4.68. The highest BCUT2D eigenvalue weighted by atomic mass is 15.3. The van der Waals surface area contributed by atoms with Crippen LogP contribution in [0.3, 0.4) is 0 Å². The molecular formula is C18H24N4. The maximum atomic E-state index is 4.51. The quantitative estimate of drug-likeness (QED) is 0.684. The van der Waals surface area contributed by atoms with E-state index in [9.17, 15) is 0 Å². The van der Waals surface area contributed by atoms with Crippen molar-refractivity contribution in [3.05, 3.63) is 42.1 Å². The van der Waals surface area contributed by atoms with E-state index in [2.05, 4.69) is 51.4 Å². The van der Waals surface area contributed by atoms with Crippen LogP contribution in [0.4, 0.5) is 0 Å². The van der Waals surface area contributed by atoms with E-state index in [1.807, 2.05) is 19.3 Å². The standard InChI is InChI=1S/C18H24N4/c1-14-8-11-22(12-9-14)18(19-2)21-13-16-6-3-5-15-7-4-10-20-17(15)16/h3-7,10,14H,8-9,11-13H2,1-2H3,(H,19,21). The molecule has 1 saturated heterocycles. The van der Waals surface area contributed by atoms with Crippen LogP contribution >= 0.6 is 0 Å². The SMILES string of the molecule is CN=C(NCc1cccc2cccnc12)N1CCC(C)CC1. The van der Waals surface area contributed by atoms with Gasteiger partial charge in [0.15, 0.2) is 5.96 Å². The molecule has 3 rings (SSSR count). The number of piperidine rings is 1. The molecule has 116 valence electrons. The zero-order chi connectivity index (χ0) is 15.4. The molecule has 1 aliphatic rings. The highest BCUT2D eigenvalue weighted by Crippen LogP contribution is 2.17. The fraction of sp³-hybridized carbons (Fsp3) is 0.444. The van der Waals surface area contributed by atoms with Crippen molar-refractivity contribution in [1.29, 1.82) is 0 Å². The van der Waals surface area contributed by atoms with Crippen LogP contribution in [0.5, 0.6) is 0 Å². The Morgan fingerprint density at radius 1 is 1.27 bits per heavy atom. The number of fused-ring (bicyclic) bond motifs is 1. The molecule has 0 bridgehead atoms. The van der Waals surface area contributed by atoms with E-state index in [0.29, 0.717) is 0 Å². The number of hydrogen-bond donors (Lipinski definition) is 1. The third-order valence-corrected chi connectivity index (χ3v) is 4.45. The molecule has 0 saturated carbocycles. The topological polar surface area (TPSA) is 40.5 Å². The number of benzene rings is 1. The number of rotatable bonds is 2. The molecule has 0 amide bonds. The zero-order valence-electron chi connectivity index (χ0n) is 13.4. The van der Waals surface area contributed by atoms with Crippen molar-refractivity contribution >= 4 is 16.9 Å². The average Bonchev–Trinajstić information content (AvgIpc) is 2.57. The highest BCUT2D eigenvalue weighted by molar-refractivity contribution is 5.83. The van der Waals surface area contributed by atoms with Gasteiger partial charge in [-0.25, -0.2) is 0 Å². The molecule has 1 aromatic heterocycles. The maximum Gasteiger partial charge on any atom is 0.193 e. The molecule has 1 aliphatic heterocycles. The fourth-order valence-corrected chi connectivity index (χ4v) is 3.04. The van der Waals surface area contributed by atoms with Gasteiger partial charge in [0.1, 0.15) is 0 Å². The molecule has 0 atom stereocenters. The third kappa shape index (κ3) is 3.21. The first-order chi connectivity index (χ1) is 10.8. The average molecular weight is 296 g/mol. The minimum atomic E-state index is 0.757. The van der Waals surface area contributed by atoms with E-state index in [-0.39, 0.29) is 0 Å². The first-order valence-electron chi connectivity index (χ1n) is 8.06. The minimum absolute atomic E-state index is 0.757. The second-order valence-electron chi connectivity index (χ2n) is 6.06. The van der Waals surface area contributed by atoms with Crippen LogP contribution in [-0.2, 0) is 6.54 Å². The van der Waals surface area contributed by atoms with Gasteiger partial charge in [0.2, 0.25) is 0 Å². The first-order valence-corrected chi connectivity index (χ1v) is 8.06. The van der Waals surface area contributed by atoms with Crippen molar-refractivity contribution in [1.82, 2.24) is 15.2 Å². The first kappa shape index (κ1) is 14.8. The number of nitrogens with one attached hydrogen (secondary N) is 1. The van der Waals surface area contributed by atoms with Crippen molar-refractivity contribution in [3.8, 4) is 0 Å². The Labute approximate surface area is 132 Å². The summed E-state index contributed by atoms with van der Waals surface area (Å²) < 4.78 is 0. The zero-order valence-corrected chi connectivity index (χ0v) is 13.4. The van der Waals surface area contributed by atoms with Crippen LogP contribution in [0.25, 0.3) is 10.9 Å². The van der Waals surface area contributed by atoms with Gasteiger partial charge in [-0.3, -0.25) is 9.98 Å². The van der Waals surface area contributed by atoms with Crippen molar-refractivity contribution < 1.29 is 0 Å². The molecule has 2 aromatic rings. The Morgan fingerprint density at radius 3 is 2.82 bits per heavy atom. The van der Waals surface area contributed by atoms with Crippen molar-refractivity contribution in [2.24, 2.45) is 10.9 Å².